The number of methoxy groups -OCH3 is 1. The van der Waals surface area contributed by atoms with Crippen LogP contribution in [0.25, 0.3) is 43.4 Å². The summed E-state index contributed by atoms with van der Waals surface area (Å²) in [6.07, 6.45) is 2.88. The second-order valence-corrected chi connectivity index (χ2v) is 12.5. The van der Waals surface area contributed by atoms with Crippen LogP contribution in [-0.2, 0) is 13.6 Å². The molecule has 0 saturated carbocycles. The number of carbonyl (C=O) groups is 1. The number of aromatic nitrogens is 2. The number of nitrogens with one attached hydrogen (secondary N) is 1. The summed E-state index contributed by atoms with van der Waals surface area (Å²) >= 11 is 1.60. The summed E-state index contributed by atoms with van der Waals surface area (Å²) in [7, 11) is 9.78. The molecular formula is C35H38N6O3S. The van der Waals surface area contributed by atoms with Gasteiger partial charge in [-0.25, -0.2) is 4.98 Å². The number of pyridine rings is 1. The van der Waals surface area contributed by atoms with Gasteiger partial charge < -0.3 is 29.7 Å². The van der Waals surface area contributed by atoms with Gasteiger partial charge in [0.2, 0.25) is 0 Å². The van der Waals surface area contributed by atoms with Crippen LogP contribution >= 0.6 is 11.3 Å². The number of aryl methyl sites for hydroxylation is 1. The molecule has 0 unspecified atom stereocenters. The van der Waals surface area contributed by atoms with Crippen molar-refractivity contribution in [3.05, 3.63) is 83.7 Å². The number of carbonyl (C=O) groups excluding carboxylic acids is 1. The van der Waals surface area contributed by atoms with Crippen molar-refractivity contribution in [1.29, 1.82) is 0 Å². The Bertz CT molecular complexity index is 1990. The molecule has 1 amide bonds. The number of rotatable bonds is 11. The molecule has 0 fully saturated rings. The lowest BCUT2D eigenvalue weighted by Gasteiger charge is -2.16. The van der Waals surface area contributed by atoms with E-state index in [1.54, 1.807) is 24.6 Å². The summed E-state index contributed by atoms with van der Waals surface area (Å²) in [4.78, 5) is 22.3. The molecule has 0 saturated heterocycles. The summed E-state index contributed by atoms with van der Waals surface area (Å²) in [5, 5.41) is 6.98. The Morgan fingerprint density at radius 1 is 1.07 bits per heavy atom. The van der Waals surface area contributed by atoms with Gasteiger partial charge in [0.1, 0.15) is 28.8 Å². The highest BCUT2D eigenvalue weighted by Crippen LogP contribution is 2.43. The van der Waals surface area contributed by atoms with Gasteiger partial charge in [-0.1, -0.05) is 24.3 Å². The number of nitrogen functional groups attached to an aromatic ring is 1. The van der Waals surface area contributed by atoms with Crippen LogP contribution in [0, 0.1) is 0 Å². The van der Waals surface area contributed by atoms with E-state index in [0.717, 1.165) is 75.3 Å². The third-order valence-electron chi connectivity index (χ3n) is 8.07. The molecule has 4 aromatic heterocycles. The van der Waals surface area contributed by atoms with Gasteiger partial charge >= 0.3 is 0 Å². The maximum Gasteiger partial charge on any atom is 0.272 e. The molecule has 2 aromatic carbocycles. The van der Waals surface area contributed by atoms with Crippen LogP contribution in [0.15, 0.2) is 76.7 Å². The first-order valence-corrected chi connectivity index (χ1v) is 15.7. The lowest BCUT2D eigenvalue weighted by molar-refractivity contribution is 0.101. The number of fused-ring (bicyclic) bond motifs is 2. The van der Waals surface area contributed by atoms with Crippen molar-refractivity contribution in [2.24, 2.45) is 7.05 Å². The van der Waals surface area contributed by atoms with Crippen LogP contribution in [-0.4, -0.2) is 66.6 Å². The first kappa shape index (κ1) is 30.4. The zero-order valence-electron chi connectivity index (χ0n) is 26.3. The number of thiophene rings is 1. The average molecular weight is 623 g/mol. The summed E-state index contributed by atoms with van der Waals surface area (Å²) in [6, 6.07) is 19.6. The van der Waals surface area contributed by atoms with E-state index in [1.165, 1.54) is 0 Å². The molecule has 9 nitrogen and oxygen atoms in total. The summed E-state index contributed by atoms with van der Waals surface area (Å²) in [5.74, 6) is 2.46. The minimum absolute atomic E-state index is 0.212. The summed E-state index contributed by atoms with van der Waals surface area (Å²) in [5.41, 5.74) is 11.4. The average Bonchev–Trinajstić information content (AvgIpc) is 3.76. The number of benzene rings is 2. The van der Waals surface area contributed by atoms with Crippen molar-refractivity contribution in [3.63, 3.8) is 0 Å². The fourth-order valence-electron chi connectivity index (χ4n) is 5.72. The Balaban J connectivity index is 1.25. The van der Waals surface area contributed by atoms with Crippen LogP contribution in [0.3, 0.4) is 0 Å². The molecule has 45 heavy (non-hydrogen) atoms. The fraction of sp³-hybridized carbons (Fsp3) is 0.257. The van der Waals surface area contributed by atoms with E-state index in [2.05, 4.69) is 46.6 Å². The highest BCUT2D eigenvalue weighted by atomic mass is 32.1. The van der Waals surface area contributed by atoms with Gasteiger partial charge in [0, 0.05) is 35.1 Å². The Morgan fingerprint density at radius 2 is 1.89 bits per heavy atom. The van der Waals surface area contributed by atoms with Crippen molar-refractivity contribution < 1.29 is 13.9 Å². The first-order chi connectivity index (χ1) is 21.7. The Morgan fingerprint density at radius 3 is 2.67 bits per heavy atom. The van der Waals surface area contributed by atoms with E-state index in [4.69, 9.17) is 14.9 Å². The van der Waals surface area contributed by atoms with Crippen molar-refractivity contribution >= 4 is 49.7 Å². The van der Waals surface area contributed by atoms with E-state index in [-0.39, 0.29) is 5.91 Å². The smallest absolute Gasteiger partial charge is 0.272 e. The standard InChI is InChI=1S/C35H38N6O3S/c1-39(2)15-8-16-40(3)20-24-12-14-30(44-24)25-19-37-34(36)32-26(21-45-33(25)32)22-11-13-27(31(18-22)43-5)38-35(42)29-17-23-9-6-7-10-28(23)41(29)4/h6-7,9-14,17-19,21H,8,15-16,20H2,1-5H3,(H2,36,37)(H,38,42). The number of furan rings is 1. The lowest BCUT2D eigenvalue weighted by Crippen LogP contribution is -2.23. The van der Waals surface area contributed by atoms with Crippen LogP contribution in [0.5, 0.6) is 5.75 Å². The molecule has 3 N–H and O–H groups in total. The molecule has 4 heterocycles. The summed E-state index contributed by atoms with van der Waals surface area (Å²) in [6.45, 7) is 2.78. The van der Waals surface area contributed by atoms with Gasteiger partial charge in [-0.15, -0.1) is 11.3 Å². The third kappa shape index (κ3) is 6.17. The largest absolute Gasteiger partial charge is 0.495 e. The minimum Gasteiger partial charge on any atom is -0.495 e. The van der Waals surface area contributed by atoms with Crippen molar-refractivity contribution in [2.75, 3.05) is 52.4 Å². The van der Waals surface area contributed by atoms with E-state index in [9.17, 15) is 4.79 Å². The number of nitrogens with zero attached hydrogens (tertiary/aromatic N) is 4. The molecule has 6 rings (SSSR count). The zero-order chi connectivity index (χ0) is 31.7. The predicted octanol–water partition coefficient (Wildman–Crippen LogP) is 6.94. The zero-order valence-corrected chi connectivity index (χ0v) is 27.1. The monoisotopic (exact) mass is 622 g/mol. The number of hydrogen-bond acceptors (Lipinski definition) is 8. The van der Waals surface area contributed by atoms with Gasteiger partial charge in [-0.3, -0.25) is 9.69 Å². The quantitative estimate of drug-likeness (QED) is 0.161. The third-order valence-corrected chi connectivity index (χ3v) is 9.08. The molecule has 10 heteroatoms. The van der Waals surface area contributed by atoms with Crippen LogP contribution in [0.2, 0.25) is 0 Å². The number of anilines is 2. The number of amides is 1. The Hall–Kier alpha value is -4.64. The fourth-order valence-corrected chi connectivity index (χ4v) is 6.82. The minimum atomic E-state index is -0.212. The molecule has 0 radical (unpaired) electrons. The molecule has 6 aromatic rings. The molecular weight excluding hydrogens is 584 g/mol. The van der Waals surface area contributed by atoms with Crippen LogP contribution in [0.4, 0.5) is 11.5 Å². The van der Waals surface area contributed by atoms with Crippen molar-refractivity contribution in [3.8, 4) is 28.2 Å². The lowest BCUT2D eigenvalue weighted by atomic mass is 10.0. The van der Waals surface area contributed by atoms with Crippen LogP contribution in [0.1, 0.15) is 22.7 Å². The first-order valence-electron chi connectivity index (χ1n) is 14.9. The normalized spacial score (nSPS) is 11.7. The van der Waals surface area contributed by atoms with Crippen molar-refractivity contribution in [1.82, 2.24) is 19.4 Å². The summed E-state index contributed by atoms with van der Waals surface area (Å²) < 4.78 is 14.9. The molecule has 232 valence electrons. The van der Waals surface area contributed by atoms with E-state index >= 15 is 0 Å². The topological polar surface area (TPSA) is 102 Å². The van der Waals surface area contributed by atoms with Gasteiger partial charge in [-0.05, 0) is 88.0 Å². The second-order valence-electron chi connectivity index (χ2n) is 11.6. The molecule has 0 atom stereocenters. The molecule has 0 bridgehead atoms. The molecule has 0 aliphatic rings. The predicted molar refractivity (Wildman–Crippen MR) is 184 cm³/mol. The maximum absolute atomic E-state index is 13.3. The molecule has 0 aliphatic heterocycles. The Kier molecular flexibility index (Phi) is 8.62. The highest BCUT2D eigenvalue weighted by molar-refractivity contribution is 7.18. The van der Waals surface area contributed by atoms with E-state index < -0.39 is 0 Å². The number of para-hydroxylation sites is 1. The highest BCUT2D eigenvalue weighted by Gasteiger charge is 2.20. The van der Waals surface area contributed by atoms with Gasteiger partial charge in [0.15, 0.2) is 0 Å². The second kappa shape index (κ2) is 12.8. The molecule has 0 aliphatic carbocycles. The maximum atomic E-state index is 13.3. The number of nitrogens with two attached hydrogens (primary N) is 1. The van der Waals surface area contributed by atoms with Crippen LogP contribution < -0.4 is 15.8 Å². The van der Waals surface area contributed by atoms with Gasteiger partial charge in [0.05, 0.1) is 29.6 Å². The van der Waals surface area contributed by atoms with Crippen molar-refractivity contribution in [2.45, 2.75) is 13.0 Å². The number of hydrogen-bond donors (Lipinski definition) is 2. The molecule has 0 spiro atoms. The van der Waals surface area contributed by atoms with Gasteiger partial charge in [-0.2, -0.15) is 0 Å². The SMILES string of the molecule is COc1cc(-c2csc3c(-c4ccc(CN(C)CCCN(C)C)o4)cnc(N)c23)ccc1NC(=O)c1cc2ccccc2n1C. The van der Waals surface area contributed by atoms with E-state index in [0.29, 0.717) is 22.9 Å². The number of ether oxygens (including phenoxy) is 1. The van der Waals surface area contributed by atoms with E-state index in [1.807, 2.05) is 72.3 Å². The Labute approximate surface area is 266 Å². The van der Waals surface area contributed by atoms with Gasteiger partial charge in [0.25, 0.3) is 5.91 Å².